The maximum Gasteiger partial charge on any atom is 0.160 e. The van der Waals surface area contributed by atoms with E-state index in [-0.39, 0.29) is 17.3 Å². The third-order valence-electron chi connectivity index (χ3n) is 3.06. The Bertz CT molecular complexity index is 785. The van der Waals surface area contributed by atoms with Crippen molar-refractivity contribution in [2.24, 2.45) is 17.8 Å². The van der Waals surface area contributed by atoms with E-state index in [0.29, 0.717) is 16.6 Å². The van der Waals surface area contributed by atoms with Crippen molar-refractivity contribution >= 4 is 22.4 Å². The maximum absolute atomic E-state index is 14.0. The first-order valence-electron chi connectivity index (χ1n) is 6.33. The van der Waals surface area contributed by atoms with E-state index in [1.165, 1.54) is 23.7 Å². The topological polar surface area (TPSA) is 56.2 Å². The Morgan fingerprint density at radius 2 is 2.14 bits per heavy atom. The van der Waals surface area contributed by atoms with Crippen molar-refractivity contribution in [2.75, 3.05) is 0 Å². The summed E-state index contributed by atoms with van der Waals surface area (Å²) in [5, 5.41) is 4.77. The van der Waals surface area contributed by atoms with Crippen LogP contribution in [0.2, 0.25) is 0 Å². The molecule has 0 spiro atoms. The summed E-state index contributed by atoms with van der Waals surface area (Å²) in [6.07, 6.45) is 1.20. The van der Waals surface area contributed by atoms with Crippen LogP contribution in [0.1, 0.15) is 18.2 Å². The molecule has 0 amide bonds. The molecule has 2 N–H and O–H groups in total. The number of allylic oxidation sites excluding steroid dienone is 1. The van der Waals surface area contributed by atoms with E-state index in [2.05, 4.69) is 16.7 Å². The van der Waals surface area contributed by atoms with Gasteiger partial charge in [-0.15, -0.1) is 0 Å². The third kappa shape index (κ3) is 2.69. The highest BCUT2D eigenvalue weighted by atomic mass is 19.1. The van der Waals surface area contributed by atoms with Crippen LogP contribution in [0.25, 0.3) is 16.6 Å². The van der Waals surface area contributed by atoms with Crippen LogP contribution in [-0.2, 0) is 7.05 Å². The Morgan fingerprint density at radius 1 is 1.48 bits per heavy atom. The summed E-state index contributed by atoms with van der Waals surface area (Å²) in [5.41, 5.74) is 7.16. The number of amidine groups is 1. The van der Waals surface area contributed by atoms with Crippen LogP contribution < -0.4 is 5.73 Å². The van der Waals surface area contributed by atoms with E-state index in [4.69, 9.17) is 5.73 Å². The molecule has 110 valence electrons. The van der Waals surface area contributed by atoms with Gasteiger partial charge in [0.1, 0.15) is 17.0 Å². The molecular formula is C15H16F2N4. The van der Waals surface area contributed by atoms with E-state index in [1.807, 2.05) is 0 Å². The van der Waals surface area contributed by atoms with Gasteiger partial charge in [-0.1, -0.05) is 6.58 Å². The molecule has 2 rings (SSSR count). The molecule has 6 heteroatoms. The molecule has 0 unspecified atom stereocenters. The van der Waals surface area contributed by atoms with Crippen molar-refractivity contribution < 1.29 is 8.78 Å². The molecule has 0 radical (unpaired) electrons. The zero-order valence-electron chi connectivity index (χ0n) is 12.1. The number of aromatic nitrogens is 2. The molecular weight excluding hydrogens is 274 g/mol. The summed E-state index contributed by atoms with van der Waals surface area (Å²) in [4.78, 5) is 3.90. The fourth-order valence-electron chi connectivity index (χ4n) is 2.11. The van der Waals surface area contributed by atoms with E-state index < -0.39 is 5.83 Å². The number of fused-ring (bicyclic) bond motifs is 1. The predicted molar refractivity (Wildman–Crippen MR) is 80.9 cm³/mol. The molecule has 0 bridgehead atoms. The number of benzene rings is 1. The second-order valence-corrected chi connectivity index (χ2v) is 4.70. The number of hydrogen-bond acceptors (Lipinski definition) is 2. The Balaban J connectivity index is 2.60. The molecule has 0 saturated heterocycles. The SMILES string of the molecule is C=C(N=C(N)/C(F)=C\C)c1nn(C)c2c(F)cc(C)cc12. The molecule has 4 nitrogen and oxygen atoms in total. The van der Waals surface area contributed by atoms with Crippen LogP contribution in [0.15, 0.2) is 35.6 Å². The van der Waals surface area contributed by atoms with Crippen molar-refractivity contribution in [1.29, 1.82) is 0 Å². The lowest BCUT2D eigenvalue weighted by molar-refractivity contribution is 0.624. The van der Waals surface area contributed by atoms with Crippen molar-refractivity contribution in [2.45, 2.75) is 13.8 Å². The van der Waals surface area contributed by atoms with Crippen LogP contribution in [-0.4, -0.2) is 15.6 Å². The summed E-state index contributed by atoms with van der Waals surface area (Å²) < 4.78 is 28.7. The third-order valence-corrected chi connectivity index (χ3v) is 3.06. The first-order valence-corrected chi connectivity index (χ1v) is 6.33. The average Bonchev–Trinajstić information content (AvgIpc) is 2.74. The summed E-state index contributed by atoms with van der Waals surface area (Å²) >= 11 is 0. The largest absolute Gasteiger partial charge is 0.381 e. The van der Waals surface area contributed by atoms with Gasteiger partial charge in [-0.2, -0.15) is 5.10 Å². The molecule has 0 aliphatic carbocycles. The molecule has 0 atom stereocenters. The minimum atomic E-state index is -0.640. The van der Waals surface area contributed by atoms with Crippen molar-refractivity contribution in [3.8, 4) is 0 Å². The molecule has 1 aromatic carbocycles. The van der Waals surface area contributed by atoms with E-state index in [1.54, 1.807) is 20.0 Å². The van der Waals surface area contributed by atoms with E-state index >= 15 is 0 Å². The standard InChI is InChI=1S/C15H16F2N4/c1-5-11(16)15(18)19-9(3)13-10-6-8(2)7-12(17)14(10)21(4)20-13/h5-7H,3H2,1-2,4H3,(H2,18,19)/b11-5+. The Labute approximate surface area is 121 Å². The van der Waals surface area contributed by atoms with Crippen molar-refractivity contribution in [3.05, 3.63) is 47.7 Å². The Kier molecular flexibility index (Phi) is 3.88. The molecule has 0 aliphatic rings. The van der Waals surface area contributed by atoms with E-state index in [9.17, 15) is 8.78 Å². The number of nitrogens with zero attached hydrogens (tertiary/aromatic N) is 3. The number of halogens is 2. The molecule has 0 aliphatic heterocycles. The van der Waals surface area contributed by atoms with Crippen LogP contribution in [0.5, 0.6) is 0 Å². The molecule has 2 aromatic rings. The second kappa shape index (κ2) is 5.47. The number of nitrogens with two attached hydrogens (primary N) is 1. The van der Waals surface area contributed by atoms with Gasteiger partial charge in [-0.25, -0.2) is 13.8 Å². The number of aliphatic imine (C=N–C) groups is 1. The summed E-state index contributed by atoms with van der Waals surface area (Å²) in [5.74, 6) is -1.30. The smallest absolute Gasteiger partial charge is 0.160 e. The zero-order valence-corrected chi connectivity index (χ0v) is 12.1. The normalized spacial score (nSPS) is 13.0. The molecule has 1 heterocycles. The van der Waals surface area contributed by atoms with Crippen LogP contribution in [0.3, 0.4) is 0 Å². The van der Waals surface area contributed by atoms with Gasteiger partial charge in [-0.05, 0) is 37.6 Å². The van der Waals surface area contributed by atoms with Gasteiger partial charge in [0.05, 0.1) is 5.70 Å². The number of aryl methyl sites for hydroxylation is 2. The highest BCUT2D eigenvalue weighted by molar-refractivity contribution is 6.00. The zero-order chi connectivity index (χ0) is 15.7. The van der Waals surface area contributed by atoms with Gasteiger partial charge in [0, 0.05) is 12.4 Å². The van der Waals surface area contributed by atoms with Gasteiger partial charge in [0.25, 0.3) is 0 Å². The number of hydrogen-bond donors (Lipinski definition) is 1. The van der Waals surface area contributed by atoms with Crippen molar-refractivity contribution in [1.82, 2.24) is 9.78 Å². The lowest BCUT2D eigenvalue weighted by Crippen LogP contribution is -2.12. The van der Waals surface area contributed by atoms with Gasteiger partial charge in [-0.3, -0.25) is 4.68 Å². The van der Waals surface area contributed by atoms with E-state index in [0.717, 1.165) is 5.56 Å². The van der Waals surface area contributed by atoms with Gasteiger partial charge in [0.2, 0.25) is 0 Å². The fraction of sp³-hybridized carbons (Fsp3) is 0.200. The second-order valence-electron chi connectivity index (χ2n) is 4.70. The lowest BCUT2D eigenvalue weighted by Gasteiger charge is -2.01. The Morgan fingerprint density at radius 3 is 2.76 bits per heavy atom. The van der Waals surface area contributed by atoms with Gasteiger partial charge >= 0.3 is 0 Å². The molecule has 0 fully saturated rings. The van der Waals surface area contributed by atoms with Gasteiger partial charge < -0.3 is 5.73 Å². The predicted octanol–water partition coefficient (Wildman–Crippen LogP) is 3.22. The summed E-state index contributed by atoms with van der Waals surface area (Å²) in [7, 11) is 1.62. The summed E-state index contributed by atoms with van der Waals surface area (Å²) in [6.45, 7) is 7.03. The fourth-order valence-corrected chi connectivity index (χ4v) is 2.11. The quantitative estimate of drug-likeness (QED) is 0.697. The highest BCUT2D eigenvalue weighted by Crippen LogP contribution is 2.27. The highest BCUT2D eigenvalue weighted by Gasteiger charge is 2.16. The first-order chi connectivity index (χ1) is 9.85. The molecule has 21 heavy (non-hydrogen) atoms. The number of rotatable bonds is 3. The average molecular weight is 290 g/mol. The monoisotopic (exact) mass is 290 g/mol. The first kappa shape index (κ1) is 14.9. The molecule has 1 aromatic heterocycles. The maximum atomic E-state index is 14.0. The Hall–Kier alpha value is -2.50. The van der Waals surface area contributed by atoms with Crippen LogP contribution in [0, 0.1) is 12.7 Å². The molecule has 0 saturated carbocycles. The summed E-state index contributed by atoms with van der Waals surface area (Å²) in [6, 6.07) is 3.21. The van der Waals surface area contributed by atoms with Crippen LogP contribution in [0.4, 0.5) is 8.78 Å². The lowest BCUT2D eigenvalue weighted by atomic mass is 10.1. The minimum Gasteiger partial charge on any atom is -0.381 e. The van der Waals surface area contributed by atoms with Gasteiger partial charge in [0.15, 0.2) is 11.7 Å². The van der Waals surface area contributed by atoms with Crippen LogP contribution >= 0.6 is 0 Å². The van der Waals surface area contributed by atoms with Crippen molar-refractivity contribution in [3.63, 3.8) is 0 Å². The minimum absolute atomic E-state index is 0.181.